The fourth-order valence-corrected chi connectivity index (χ4v) is 3.44. The zero-order valence-corrected chi connectivity index (χ0v) is 14.3. The summed E-state index contributed by atoms with van der Waals surface area (Å²) >= 11 is 0. The summed E-state index contributed by atoms with van der Waals surface area (Å²) in [5.74, 6) is 0.264. The molecule has 1 saturated heterocycles. The van der Waals surface area contributed by atoms with Gasteiger partial charge < -0.3 is 9.64 Å². The average Bonchev–Trinajstić information content (AvgIpc) is 3.13. The van der Waals surface area contributed by atoms with Crippen molar-refractivity contribution in [3.8, 4) is 5.88 Å². The summed E-state index contributed by atoms with van der Waals surface area (Å²) in [5, 5.41) is 0. The van der Waals surface area contributed by atoms with E-state index in [1.807, 2.05) is 24.0 Å². The van der Waals surface area contributed by atoms with E-state index in [4.69, 9.17) is 4.74 Å². The first-order valence-electron chi connectivity index (χ1n) is 8.63. The molecule has 1 aliphatic heterocycles. The van der Waals surface area contributed by atoms with Crippen LogP contribution in [0.25, 0.3) is 11.0 Å². The van der Waals surface area contributed by atoms with Crippen molar-refractivity contribution in [2.75, 3.05) is 18.1 Å². The lowest BCUT2D eigenvalue weighted by molar-refractivity contribution is 0.330. The number of anilines is 1. The topological polar surface area (TPSA) is 51.1 Å². The molecule has 1 aliphatic rings. The van der Waals surface area contributed by atoms with E-state index in [-0.39, 0.29) is 6.04 Å². The number of hydrogen-bond acceptors (Lipinski definition) is 5. The Kier molecular flexibility index (Phi) is 4.36. The van der Waals surface area contributed by atoms with Crippen LogP contribution < -0.4 is 9.64 Å². The quantitative estimate of drug-likeness (QED) is 0.706. The third-order valence-electron chi connectivity index (χ3n) is 4.58. The van der Waals surface area contributed by atoms with Crippen LogP contribution in [-0.2, 0) is 0 Å². The van der Waals surface area contributed by atoms with Crippen LogP contribution in [0.2, 0.25) is 0 Å². The van der Waals surface area contributed by atoms with Crippen LogP contribution in [0.4, 0.5) is 14.6 Å². The van der Waals surface area contributed by atoms with Crippen LogP contribution in [0.1, 0.15) is 31.4 Å². The van der Waals surface area contributed by atoms with E-state index >= 15 is 0 Å². The number of benzene rings is 1. The van der Waals surface area contributed by atoms with Crippen LogP contribution in [-0.4, -0.2) is 28.1 Å². The zero-order chi connectivity index (χ0) is 18.1. The van der Waals surface area contributed by atoms with Gasteiger partial charge in [0.25, 0.3) is 0 Å². The first-order chi connectivity index (χ1) is 12.7. The fraction of sp³-hybridized carbons (Fsp3) is 0.316. The molecule has 2 aromatic heterocycles. The molecule has 3 heterocycles. The maximum atomic E-state index is 14.3. The van der Waals surface area contributed by atoms with Crippen LogP contribution >= 0.6 is 0 Å². The number of ether oxygens (including phenoxy) is 1. The first kappa shape index (κ1) is 16.6. The number of rotatable bonds is 4. The lowest BCUT2D eigenvalue weighted by Crippen LogP contribution is -2.24. The third kappa shape index (κ3) is 2.94. The molecule has 3 aromatic rings. The van der Waals surface area contributed by atoms with Gasteiger partial charge in [0.15, 0.2) is 5.52 Å². The molecule has 0 spiro atoms. The van der Waals surface area contributed by atoms with Crippen LogP contribution in [0.5, 0.6) is 5.88 Å². The lowest BCUT2D eigenvalue weighted by Gasteiger charge is -2.26. The molecule has 0 radical (unpaired) electrons. The van der Waals surface area contributed by atoms with Gasteiger partial charge >= 0.3 is 0 Å². The molecule has 0 aliphatic carbocycles. The molecule has 4 rings (SSSR count). The predicted octanol–water partition coefficient (Wildman–Crippen LogP) is 4.04. The second-order valence-corrected chi connectivity index (χ2v) is 6.17. The van der Waals surface area contributed by atoms with Gasteiger partial charge in [-0.3, -0.25) is 0 Å². The second kappa shape index (κ2) is 6.82. The summed E-state index contributed by atoms with van der Waals surface area (Å²) in [6.07, 6.45) is 3.06. The molecule has 134 valence electrons. The first-order valence-corrected chi connectivity index (χ1v) is 8.63. The number of aromatic nitrogens is 3. The van der Waals surface area contributed by atoms with Gasteiger partial charge in [-0.25, -0.2) is 18.7 Å². The molecule has 26 heavy (non-hydrogen) atoms. The van der Waals surface area contributed by atoms with E-state index in [1.54, 1.807) is 0 Å². The average molecular weight is 356 g/mol. The monoisotopic (exact) mass is 356 g/mol. The third-order valence-corrected chi connectivity index (χ3v) is 4.58. The highest BCUT2D eigenvalue weighted by Gasteiger charge is 2.30. The summed E-state index contributed by atoms with van der Waals surface area (Å²) in [6.45, 7) is 3.07. The Balaban J connectivity index is 1.76. The van der Waals surface area contributed by atoms with E-state index in [0.29, 0.717) is 34.9 Å². The van der Waals surface area contributed by atoms with Gasteiger partial charge in [-0.05, 0) is 50.1 Å². The van der Waals surface area contributed by atoms with Gasteiger partial charge in [-0.15, -0.1) is 0 Å². The van der Waals surface area contributed by atoms with E-state index in [9.17, 15) is 8.78 Å². The molecule has 0 unspecified atom stereocenters. The van der Waals surface area contributed by atoms with Crippen molar-refractivity contribution in [1.82, 2.24) is 15.0 Å². The molecule has 0 N–H and O–H groups in total. The van der Waals surface area contributed by atoms with Crippen LogP contribution in [0.15, 0.2) is 36.7 Å². The summed E-state index contributed by atoms with van der Waals surface area (Å²) in [5.41, 5.74) is 1.61. The van der Waals surface area contributed by atoms with Crippen molar-refractivity contribution in [2.45, 2.75) is 25.8 Å². The predicted molar refractivity (Wildman–Crippen MR) is 94.2 cm³/mol. The minimum Gasteiger partial charge on any atom is -0.476 e. The Morgan fingerprint density at radius 3 is 2.92 bits per heavy atom. The molecular weight excluding hydrogens is 338 g/mol. The SMILES string of the molecule is CCOc1ncnc2ccc(N3CCC[C@@H]3c3cc(F)ccc3F)nc12. The summed E-state index contributed by atoms with van der Waals surface area (Å²) in [7, 11) is 0. The summed E-state index contributed by atoms with van der Waals surface area (Å²) in [4.78, 5) is 15.0. The number of fused-ring (bicyclic) bond motifs is 1. The zero-order valence-electron chi connectivity index (χ0n) is 14.3. The van der Waals surface area contributed by atoms with Crippen molar-refractivity contribution in [1.29, 1.82) is 0 Å². The minimum atomic E-state index is -0.438. The van der Waals surface area contributed by atoms with Crippen molar-refractivity contribution < 1.29 is 13.5 Å². The van der Waals surface area contributed by atoms with Crippen molar-refractivity contribution in [2.24, 2.45) is 0 Å². The normalized spacial score (nSPS) is 17.0. The molecule has 0 saturated carbocycles. The highest BCUT2D eigenvalue weighted by Crippen LogP contribution is 2.37. The van der Waals surface area contributed by atoms with Gasteiger partial charge in [-0.2, -0.15) is 4.98 Å². The number of pyridine rings is 1. The maximum absolute atomic E-state index is 14.3. The summed E-state index contributed by atoms with van der Waals surface area (Å²) in [6, 6.07) is 7.03. The van der Waals surface area contributed by atoms with Gasteiger partial charge in [0.2, 0.25) is 5.88 Å². The highest BCUT2D eigenvalue weighted by atomic mass is 19.1. The molecule has 7 heteroatoms. The molecule has 1 aromatic carbocycles. The van der Waals surface area contributed by atoms with E-state index in [2.05, 4.69) is 15.0 Å². The van der Waals surface area contributed by atoms with E-state index in [1.165, 1.54) is 18.5 Å². The Morgan fingerprint density at radius 2 is 2.08 bits per heavy atom. The van der Waals surface area contributed by atoms with Gasteiger partial charge in [-0.1, -0.05) is 0 Å². The molecule has 0 bridgehead atoms. The van der Waals surface area contributed by atoms with Crippen molar-refractivity contribution in [3.05, 3.63) is 53.9 Å². The maximum Gasteiger partial charge on any atom is 0.243 e. The molecule has 0 amide bonds. The van der Waals surface area contributed by atoms with Crippen molar-refractivity contribution in [3.63, 3.8) is 0 Å². The number of halogens is 2. The summed E-state index contributed by atoms with van der Waals surface area (Å²) < 4.78 is 33.5. The van der Waals surface area contributed by atoms with Crippen LogP contribution in [0.3, 0.4) is 0 Å². The second-order valence-electron chi connectivity index (χ2n) is 6.17. The highest BCUT2D eigenvalue weighted by molar-refractivity contribution is 5.80. The molecular formula is C19H18F2N4O. The molecule has 5 nitrogen and oxygen atoms in total. The smallest absolute Gasteiger partial charge is 0.243 e. The molecule has 1 atom stereocenters. The Morgan fingerprint density at radius 1 is 1.19 bits per heavy atom. The van der Waals surface area contributed by atoms with E-state index < -0.39 is 11.6 Å². The Hall–Kier alpha value is -2.83. The standard InChI is InChI=1S/C19H18F2N4O/c1-2-26-19-18-15(22-11-23-19)7-8-17(24-18)25-9-3-4-16(25)13-10-12(20)5-6-14(13)21/h5-8,10-11,16H,2-4,9H2,1H3/t16-/m1/s1. The van der Waals surface area contributed by atoms with Crippen molar-refractivity contribution >= 4 is 16.9 Å². The Bertz CT molecular complexity index is 950. The number of nitrogens with zero attached hydrogens (tertiary/aromatic N) is 4. The van der Waals surface area contributed by atoms with Gasteiger partial charge in [0.1, 0.15) is 23.8 Å². The minimum absolute atomic E-state index is 0.254. The van der Waals surface area contributed by atoms with Gasteiger partial charge in [0.05, 0.1) is 18.2 Å². The number of hydrogen-bond donors (Lipinski definition) is 0. The fourth-order valence-electron chi connectivity index (χ4n) is 3.44. The van der Waals surface area contributed by atoms with Crippen LogP contribution in [0, 0.1) is 11.6 Å². The van der Waals surface area contributed by atoms with Gasteiger partial charge in [0, 0.05) is 12.1 Å². The Labute approximate surface area is 149 Å². The van der Waals surface area contributed by atoms with E-state index in [0.717, 1.165) is 25.5 Å². The lowest BCUT2D eigenvalue weighted by atomic mass is 10.0. The molecule has 1 fully saturated rings. The largest absolute Gasteiger partial charge is 0.476 e.